The van der Waals surface area contributed by atoms with E-state index in [1.165, 1.54) is 11.1 Å². The van der Waals surface area contributed by atoms with Crippen molar-refractivity contribution < 1.29 is 13.5 Å². The highest BCUT2D eigenvalue weighted by atomic mass is 32.3. The second-order valence-electron chi connectivity index (χ2n) is 8.38. The average Bonchev–Trinajstić information content (AvgIpc) is 3.04. The number of rotatable bonds is 7. The highest BCUT2D eigenvalue weighted by Gasteiger charge is 2.44. The zero-order valence-electron chi connectivity index (χ0n) is 17.5. The summed E-state index contributed by atoms with van der Waals surface area (Å²) < 4.78 is 33.2. The summed E-state index contributed by atoms with van der Waals surface area (Å²) in [6, 6.07) is 18.4. The molecule has 0 aliphatic carbocycles. The molecule has 2 saturated heterocycles. The van der Waals surface area contributed by atoms with Crippen molar-refractivity contribution in [1.82, 2.24) is 14.5 Å². The van der Waals surface area contributed by atoms with Crippen molar-refractivity contribution in [3.8, 4) is 0 Å². The molecule has 2 aliphatic rings. The Balaban J connectivity index is 1.30. The molecule has 0 aromatic heterocycles. The van der Waals surface area contributed by atoms with Crippen molar-refractivity contribution in [2.75, 3.05) is 38.5 Å². The van der Waals surface area contributed by atoms with Gasteiger partial charge in [-0.15, -0.1) is 4.72 Å². The first-order valence-electron chi connectivity index (χ1n) is 10.6. The molecule has 2 aromatic carbocycles. The number of nitrogens with one attached hydrogen (secondary N) is 1. The molecule has 3 atom stereocenters. The van der Waals surface area contributed by atoms with Gasteiger partial charge < -0.3 is 9.29 Å². The molecule has 0 spiro atoms. The molecular formula is C23H31N3O3S. The third kappa shape index (κ3) is 5.75. The van der Waals surface area contributed by atoms with Gasteiger partial charge in [-0.1, -0.05) is 64.4 Å². The maximum atomic E-state index is 12.3. The molecule has 2 aromatic rings. The van der Waals surface area contributed by atoms with Crippen molar-refractivity contribution in [1.29, 1.82) is 0 Å². The van der Waals surface area contributed by atoms with Crippen LogP contribution in [0.4, 0.5) is 0 Å². The van der Waals surface area contributed by atoms with Gasteiger partial charge in [-0.25, -0.2) is 0 Å². The molecule has 0 saturated carbocycles. The molecule has 1 unspecified atom stereocenters. The second kappa shape index (κ2) is 9.68. The van der Waals surface area contributed by atoms with E-state index in [0.29, 0.717) is 13.2 Å². The number of aryl methyl sites for hydroxylation is 1. The zero-order chi connectivity index (χ0) is 21.0. The summed E-state index contributed by atoms with van der Waals surface area (Å²) in [5.41, 5.74) is 3.71. The second-order valence-corrected chi connectivity index (χ2v) is 10.2. The summed E-state index contributed by atoms with van der Waals surface area (Å²) in [5.74, 6) is 0.157. The fraction of sp³-hybridized carbons (Fsp3) is 0.478. The van der Waals surface area contributed by atoms with Crippen molar-refractivity contribution in [2.45, 2.75) is 32.2 Å². The number of benzene rings is 2. The first-order valence-corrected chi connectivity index (χ1v) is 12.3. The van der Waals surface area contributed by atoms with E-state index >= 15 is 0 Å². The third-order valence-corrected chi connectivity index (χ3v) is 7.40. The number of sulfonamides is 1. The standard InChI is InChI=1S/C23H31N3O3S/c1-19-6-5-9-21(14-19)15-25-10-12-26(13-11-25)23-18-30(27,28)24-22(23)17-29-16-20-7-3-2-4-8-20/h2-9,14,22-23H,10-13,15-18H2,1H3,(H-,24,27,28)/t22-,23-/m0/s1. The minimum Gasteiger partial charge on any atom is -0.598 e. The number of piperazine rings is 1. The van der Waals surface area contributed by atoms with E-state index in [9.17, 15) is 8.76 Å². The number of nitrogens with zero attached hydrogens (tertiary/aromatic N) is 2. The zero-order valence-corrected chi connectivity index (χ0v) is 18.4. The molecule has 30 heavy (non-hydrogen) atoms. The fourth-order valence-electron chi connectivity index (χ4n) is 4.40. The van der Waals surface area contributed by atoms with Crippen LogP contribution in [0, 0.1) is 6.92 Å². The largest absolute Gasteiger partial charge is 0.598 e. The summed E-state index contributed by atoms with van der Waals surface area (Å²) in [5, 5.41) is 0. The van der Waals surface area contributed by atoms with E-state index in [2.05, 4.69) is 45.7 Å². The lowest BCUT2D eigenvalue weighted by atomic mass is 10.1. The van der Waals surface area contributed by atoms with Gasteiger partial charge in [0.15, 0.2) is 0 Å². The average molecular weight is 430 g/mol. The van der Waals surface area contributed by atoms with Crippen molar-refractivity contribution in [2.24, 2.45) is 0 Å². The van der Waals surface area contributed by atoms with E-state index in [1.807, 2.05) is 30.3 Å². The quantitative estimate of drug-likeness (QED) is 0.684. The Kier molecular flexibility index (Phi) is 6.98. The van der Waals surface area contributed by atoms with Crippen molar-refractivity contribution >= 4 is 10.4 Å². The Labute approximate surface area is 180 Å². The predicted octanol–water partition coefficient (Wildman–Crippen LogP) is 2.21. The van der Waals surface area contributed by atoms with Gasteiger partial charge in [-0.05, 0) is 18.1 Å². The highest BCUT2D eigenvalue weighted by molar-refractivity contribution is 7.96. The van der Waals surface area contributed by atoms with Gasteiger partial charge in [-0.3, -0.25) is 9.80 Å². The minimum absolute atomic E-state index is 0.0353. The molecule has 4 rings (SSSR count). The van der Waals surface area contributed by atoms with Gasteiger partial charge in [0.1, 0.15) is 16.2 Å². The van der Waals surface area contributed by atoms with Crippen LogP contribution in [-0.2, 0) is 32.5 Å². The summed E-state index contributed by atoms with van der Waals surface area (Å²) in [7, 11) is -3.24. The van der Waals surface area contributed by atoms with E-state index < -0.39 is 10.4 Å². The Hall–Kier alpha value is -1.61. The van der Waals surface area contributed by atoms with Crippen molar-refractivity contribution in [3.63, 3.8) is 0 Å². The van der Waals surface area contributed by atoms with Gasteiger partial charge >= 0.3 is 0 Å². The fourth-order valence-corrected chi connectivity index (χ4v) is 6.08. The van der Waals surface area contributed by atoms with Crippen LogP contribution in [0.15, 0.2) is 54.6 Å². The van der Waals surface area contributed by atoms with E-state index in [0.717, 1.165) is 38.3 Å². The first-order chi connectivity index (χ1) is 14.5. The molecule has 162 valence electrons. The van der Waals surface area contributed by atoms with E-state index in [-0.39, 0.29) is 17.8 Å². The van der Waals surface area contributed by atoms with Crippen LogP contribution in [0.25, 0.3) is 0 Å². The minimum atomic E-state index is -3.24. The predicted molar refractivity (Wildman–Crippen MR) is 119 cm³/mol. The molecule has 2 aliphatic heterocycles. The van der Waals surface area contributed by atoms with Gasteiger partial charge in [0, 0.05) is 32.7 Å². The van der Waals surface area contributed by atoms with Crippen molar-refractivity contribution in [3.05, 3.63) is 71.3 Å². The van der Waals surface area contributed by atoms with Crippen LogP contribution in [0.3, 0.4) is 0 Å². The summed E-state index contributed by atoms with van der Waals surface area (Å²) in [6.45, 7) is 7.60. The number of ether oxygens (including phenoxy) is 1. The van der Waals surface area contributed by atoms with Crippen LogP contribution >= 0.6 is 0 Å². The van der Waals surface area contributed by atoms with E-state index in [4.69, 9.17) is 4.74 Å². The molecular weight excluding hydrogens is 398 g/mol. The van der Waals surface area contributed by atoms with Crippen LogP contribution in [0.2, 0.25) is 0 Å². The summed E-state index contributed by atoms with van der Waals surface area (Å²) in [4.78, 5) is 4.77. The Morgan fingerprint density at radius 3 is 2.53 bits per heavy atom. The third-order valence-electron chi connectivity index (χ3n) is 5.96. The molecule has 1 N–H and O–H groups in total. The Morgan fingerprint density at radius 2 is 1.80 bits per heavy atom. The first kappa shape index (κ1) is 21.6. The van der Waals surface area contributed by atoms with Gasteiger partial charge in [0.2, 0.25) is 0 Å². The molecule has 0 amide bonds. The Bertz CT molecular complexity index is 871. The van der Waals surface area contributed by atoms with Crippen LogP contribution in [0.1, 0.15) is 16.7 Å². The normalized spacial score (nSPS) is 28.1. The maximum Gasteiger partial charge on any atom is 0.144 e. The van der Waals surface area contributed by atoms with Gasteiger partial charge in [-0.2, -0.15) is 0 Å². The summed E-state index contributed by atoms with van der Waals surface area (Å²) in [6.07, 6.45) is 0. The van der Waals surface area contributed by atoms with Gasteiger partial charge in [0.25, 0.3) is 0 Å². The summed E-state index contributed by atoms with van der Waals surface area (Å²) >= 11 is 0. The van der Waals surface area contributed by atoms with Crippen LogP contribution in [0.5, 0.6) is 0 Å². The lowest BCUT2D eigenvalue weighted by molar-refractivity contribution is 0.0522. The molecule has 2 heterocycles. The Morgan fingerprint density at radius 1 is 1.07 bits per heavy atom. The van der Waals surface area contributed by atoms with Crippen LogP contribution < -0.4 is 4.72 Å². The lowest BCUT2D eigenvalue weighted by Crippen LogP contribution is -2.55. The molecule has 0 radical (unpaired) electrons. The highest BCUT2D eigenvalue weighted by Crippen LogP contribution is 2.22. The molecule has 6 nitrogen and oxygen atoms in total. The monoisotopic (exact) mass is 429 g/mol. The smallest absolute Gasteiger partial charge is 0.144 e. The molecule has 2 fully saturated rings. The number of hydrogen-bond donors (Lipinski definition) is 1. The lowest BCUT2D eigenvalue weighted by Gasteiger charge is -2.38. The van der Waals surface area contributed by atoms with E-state index in [1.54, 1.807) is 0 Å². The van der Waals surface area contributed by atoms with Crippen LogP contribution in [-0.4, -0.2) is 65.0 Å². The van der Waals surface area contributed by atoms with Gasteiger partial charge in [0.05, 0.1) is 25.3 Å². The SMILES string of the molecule is Cc1cccc(CN2CCN([C@H]3C[S+](=O)([O-])N[C@H]3COCc3ccccc3)CC2)c1. The molecule has 0 bridgehead atoms. The maximum absolute atomic E-state index is 12.3. The number of hydrogen-bond acceptors (Lipinski definition) is 5. The molecule has 7 heteroatoms. The topological polar surface area (TPSA) is 67.9 Å².